The molecular weight excluding hydrogens is 526 g/mol. The molecule has 0 aliphatic rings. The van der Waals surface area contributed by atoms with Crippen molar-refractivity contribution in [1.82, 2.24) is 24.5 Å². The van der Waals surface area contributed by atoms with Crippen LogP contribution in [0.3, 0.4) is 0 Å². The number of aromatic nitrogens is 5. The van der Waals surface area contributed by atoms with Gasteiger partial charge in [-0.05, 0) is 70.9 Å². The quantitative estimate of drug-likeness (QED) is 0.206. The molecule has 0 radical (unpaired) electrons. The van der Waals surface area contributed by atoms with E-state index in [1.807, 2.05) is 36.8 Å². The maximum absolute atomic E-state index is 4.84. The maximum Gasteiger partial charge on any atom is 0.0972 e. The van der Waals surface area contributed by atoms with Crippen LogP contribution in [0.4, 0.5) is 0 Å². The predicted octanol–water partition coefficient (Wildman–Crippen LogP) is 9.16. The Bertz CT molecular complexity index is 2440. The highest BCUT2D eigenvalue weighted by atomic mass is 15.0. The zero-order valence-corrected chi connectivity index (χ0v) is 23.0. The summed E-state index contributed by atoms with van der Waals surface area (Å²) in [4.78, 5) is 18.7. The first-order valence-corrected chi connectivity index (χ1v) is 14.3. The fourth-order valence-electron chi connectivity index (χ4n) is 6.49. The summed E-state index contributed by atoms with van der Waals surface area (Å²) in [6.07, 6.45) is 9.12. The molecule has 0 saturated heterocycles. The fraction of sp³-hybridized carbons (Fsp3) is 0. The molecule has 0 amide bonds. The van der Waals surface area contributed by atoms with Crippen molar-refractivity contribution in [3.05, 3.63) is 140 Å². The lowest BCUT2D eigenvalue weighted by atomic mass is 9.97. The topological polar surface area (TPSA) is 56.5 Å². The van der Waals surface area contributed by atoms with Crippen molar-refractivity contribution in [2.45, 2.75) is 0 Å². The van der Waals surface area contributed by atoms with Crippen molar-refractivity contribution in [3.8, 4) is 28.1 Å². The van der Waals surface area contributed by atoms with Gasteiger partial charge in [0.15, 0.2) is 0 Å². The molecule has 0 aliphatic carbocycles. The van der Waals surface area contributed by atoms with Crippen LogP contribution in [0.5, 0.6) is 0 Å². The van der Waals surface area contributed by atoms with E-state index in [1.165, 1.54) is 21.5 Å². The Hall–Kier alpha value is -5.94. The van der Waals surface area contributed by atoms with Gasteiger partial charge in [0.05, 0.1) is 27.8 Å². The molecule has 5 aromatic carbocycles. The maximum atomic E-state index is 4.84. The van der Waals surface area contributed by atoms with Gasteiger partial charge in [0.2, 0.25) is 0 Å². The lowest BCUT2D eigenvalue weighted by Crippen LogP contribution is -1.97. The number of hydrogen-bond donors (Lipinski definition) is 0. The molecule has 4 heterocycles. The van der Waals surface area contributed by atoms with Crippen molar-refractivity contribution in [2.24, 2.45) is 0 Å². The molecule has 4 aromatic heterocycles. The number of hydrogen-bond acceptors (Lipinski definition) is 4. The zero-order valence-electron chi connectivity index (χ0n) is 23.0. The van der Waals surface area contributed by atoms with Gasteiger partial charge in [0.1, 0.15) is 0 Å². The third kappa shape index (κ3) is 3.65. The summed E-state index contributed by atoms with van der Waals surface area (Å²) in [6.45, 7) is 0. The molecule has 0 aliphatic heterocycles. The predicted molar refractivity (Wildman–Crippen MR) is 175 cm³/mol. The van der Waals surface area contributed by atoms with Crippen molar-refractivity contribution < 1.29 is 0 Å². The first-order chi connectivity index (χ1) is 21.3. The van der Waals surface area contributed by atoms with Crippen LogP contribution in [-0.2, 0) is 0 Å². The van der Waals surface area contributed by atoms with E-state index in [2.05, 4.69) is 101 Å². The van der Waals surface area contributed by atoms with E-state index in [0.29, 0.717) is 0 Å². The summed E-state index contributed by atoms with van der Waals surface area (Å²) in [6, 6.07) is 38.6. The Balaban J connectivity index is 1.43. The van der Waals surface area contributed by atoms with E-state index in [0.717, 1.165) is 60.9 Å². The van der Waals surface area contributed by atoms with E-state index in [-0.39, 0.29) is 0 Å². The van der Waals surface area contributed by atoms with Gasteiger partial charge in [-0.15, -0.1) is 0 Å². The first-order valence-electron chi connectivity index (χ1n) is 14.3. The normalized spacial score (nSPS) is 11.7. The average molecular weight is 550 g/mol. The summed E-state index contributed by atoms with van der Waals surface area (Å²) in [5.74, 6) is 0. The Kier molecular flexibility index (Phi) is 5.13. The second-order valence-corrected chi connectivity index (χ2v) is 10.8. The number of pyridine rings is 2. The van der Waals surface area contributed by atoms with E-state index < -0.39 is 0 Å². The number of rotatable bonds is 3. The van der Waals surface area contributed by atoms with Gasteiger partial charge in [-0.25, -0.2) is 0 Å². The van der Waals surface area contributed by atoms with E-state index in [1.54, 1.807) is 12.4 Å². The molecule has 0 spiro atoms. The molecular formula is C38H23N5. The van der Waals surface area contributed by atoms with E-state index >= 15 is 0 Å². The Labute approximate surface area is 246 Å². The van der Waals surface area contributed by atoms with Crippen molar-refractivity contribution >= 4 is 54.4 Å². The van der Waals surface area contributed by atoms with Gasteiger partial charge < -0.3 is 4.57 Å². The number of nitrogens with zero attached hydrogens (tertiary/aromatic N) is 5. The highest BCUT2D eigenvalue weighted by molar-refractivity contribution is 6.27. The second kappa shape index (κ2) is 9.29. The molecule has 0 N–H and O–H groups in total. The third-order valence-corrected chi connectivity index (χ3v) is 8.37. The Morgan fingerprint density at radius 3 is 2.00 bits per heavy atom. The minimum Gasteiger partial charge on any atom is -0.309 e. The van der Waals surface area contributed by atoms with Gasteiger partial charge in [-0.2, -0.15) is 0 Å². The average Bonchev–Trinajstić information content (AvgIpc) is 3.41. The van der Waals surface area contributed by atoms with Crippen LogP contribution in [-0.4, -0.2) is 24.5 Å². The molecule has 5 nitrogen and oxygen atoms in total. The first kappa shape index (κ1) is 23.7. The minimum absolute atomic E-state index is 0.910. The summed E-state index contributed by atoms with van der Waals surface area (Å²) >= 11 is 0. The van der Waals surface area contributed by atoms with E-state index in [4.69, 9.17) is 15.0 Å². The fourth-order valence-corrected chi connectivity index (χ4v) is 6.49. The second-order valence-electron chi connectivity index (χ2n) is 10.8. The van der Waals surface area contributed by atoms with Crippen LogP contribution in [0.2, 0.25) is 0 Å². The molecule has 200 valence electrons. The van der Waals surface area contributed by atoms with Gasteiger partial charge >= 0.3 is 0 Å². The van der Waals surface area contributed by atoms with Crippen LogP contribution in [0.25, 0.3) is 82.5 Å². The molecule has 0 atom stereocenters. The Morgan fingerprint density at radius 1 is 0.419 bits per heavy atom. The van der Waals surface area contributed by atoms with Crippen molar-refractivity contribution in [3.63, 3.8) is 0 Å². The lowest BCUT2D eigenvalue weighted by Gasteiger charge is -2.14. The number of para-hydroxylation sites is 1. The summed E-state index contributed by atoms with van der Waals surface area (Å²) in [5.41, 5.74) is 9.26. The zero-order chi connectivity index (χ0) is 28.3. The molecule has 0 unspecified atom stereocenters. The largest absolute Gasteiger partial charge is 0.309 e. The van der Waals surface area contributed by atoms with Gasteiger partial charge in [0, 0.05) is 69.3 Å². The van der Waals surface area contributed by atoms with Crippen LogP contribution in [0.15, 0.2) is 140 Å². The monoisotopic (exact) mass is 549 g/mol. The van der Waals surface area contributed by atoms with E-state index in [9.17, 15) is 0 Å². The Morgan fingerprint density at radius 2 is 1.19 bits per heavy atom. The molecule has 0 bridgehead atoms. The lowest BCUT2D eigenvalue weighted by molar-refractivity contribution is 1.18. The standard InChI is InChI=1S/C38H23N5/c1-2-11-30-28(9-1)31-21-32-29-10-3-4-13-35(29)43(36(32)22-33(31)38-37(30)41-16-17-42-38)27-19-25(24-8-7-14-39-23-24)18-26(20-27)34-12-5-6-15-40-34/h1-23H. The van der Waals surface area contributed by atoms with Gasteiger partial charge in [0.25, 0.3) is 0 Å². The van der Waals surface area contributed by atoms with Crippen molar-refractivity contribution in [2.75, 3.05) is 0 Å². The SMILES string of the molecule is c1ccc(-c2cc(-c3cccnc3)cc(-n3c4ccccc4c4cc5c6ccccc6c6nccnc6c5cc43)c2)nc1. The number of fused-ring (bicyclic) bond motifs is 9. The molecule has 5 heteroatoms. The smallest absolute Gasteiger partial charge is 0.0972 e. The number of benzene rings is 5. The minimum atomic E-state index is 0.910. The molecule has 43 heavy (non-hydrogen) atoms. The van der Waals surface area contributed by atoms with Crippen LogP contribution < -0.4 is 0 Å². The van der Waals surface area contributed by atoms with Gasteiger partial charge in [-0.1, -0.05) is 54.6 Å². The molecule has 0 fully saturated rings. The summed E-state index contributed by atoms with van der Waals surface area (Å²) < 4.78 is 2.37. The van der Waals surface area contributed by atoms with Crippen LogP contribution >= 0.6 is 0 Å². The third-order valence-electron chi connectivity index (χ3n) is 8.37. The van der Waals surface area contributed by atoms with Crippen LogP contribution in [0.1, 0.15) is 0 Å². The highest BCUT2D eigenvalue weighted by Gasteiger charge is 2.18. The molecule has 9 rings (SSSR count). The summed E-state index contributed by atoms with van der Waals surface area (Å²) in [7, 11) is 0. The van der Waals surface area contributed by atoms with Gasteiger partial charge in [-0.3, -0.25) is 19.9 Å². The van der Waals surface area contributed by atoms with Crippen molar-refractivity contribution in [1.29, 1.82) is 0 Å². The van der Waals surface area contributed by atoms with Crippen LogP contribution in [0, 0.1) is 0 Å². The summed E-state index contributed by atoms with van der Waals surface area (Å²) in [5, 5.41) is 6.96. The highest BCUT2D eigenvalue weighted by Crippen LogP contribution is 2.40. The molecule has 9 aromatic rings. The molecule has 0 saturated carbocycles.